The zero-order valence-electron chi connectivity index (χ0n) is 16.6. The molecule has 29 heavy (non-hydrogen) atoms. The first-order chi connectivity index (χ1) is 14.1. The summed E-state index contributed by atoms with van der Waals surface area (Å²) in [6.07, 6.45) is 0. The first-order valence-electron chi connectivity index (χ1n) is 9.97. The number of para-hydroxylation sites is 1. The van der Waals surface area contributed by atoms with Crippen LogP contribution in [0.2, 0.25) is 0 Å². The van der Waals surface area contributed by atoms with Crippen molar-refractivity contribution in [2.75, 3.05) is 44.2 Å². The number of aromatic nitrogens is 1. The van der Waals surface area contributed by atoms with Crippen LogP contribution in [0.1, 0.15) is 11.9 Å². The van der Waals surface area contributed by atoms with E-state index < -0.39 is 0 Å². The molecular formula is C22H25FN4OS. The Hall–Kier alpha value is -2.35. The monoisotopic (exact) mass is 412 g/mol. The number of benzene rings is 2. The molecule has 1 amide bonds. The Kier molecular flexibility index (Phi) is 6.18. The summed E-state index contributed by atoms with van der Waals surface area (Å²) < 4.78 is 14.4. The highest BCUT2D eigenvalue weighted by Crippen LogP contribution is 2.23. The number of likely N-dealkylation sites (N-methyl/N-ethyl adjacent to an activating group) is 1. The minimum absolute atomic E-state index is 0.0544. The Balaban J connectivity index is 1.29. The standard InChI is InChI=1S/C22H25FN4OS/c1-2-27(18-9-7-17(23)8-10-18)22(28)16-26-13-11-25(12-14-26)15-21-24-19-5-3-4-6-20(19)29-21/h3-10H,2,11-16H2,1H3. The molecule has 0 unspecified atom stereocenters. The van der Waals surface area contributed by atoms with Gasteiger partial charge in [0.15, 0.2) is 0 Å². The molecule has 1 saturated heterocycles. The Labute approximate surface area is 174 Å². The van der Waals surface area contributed by atoms with Crippen LogP contribution >= 0.6 is 11.3 Å². The van der Waals surface area contributed by atoms with Crippen LogP contribution in [0, 0.1) is 5.82 Å². The maximum absolute atomic E-state index is 13.2. The van der Waals surface area contributed by atoms with Gasteiger partial charge >= 0.3 is 0 Å². The van der Waals surface area contributed by atoms with Crippen LogP contribution in [-0.4, -0.2) is 60.0 Å². The van der Waals surface area contributed by atoms with Crippen molar-refractivity contribution in [1.29, 1.82) is 0 Å². The molecule has 1 aliphatic rings. The fraction of sp³-hybridized carbons (Fsp3) is 0.364. The number of halogens is 1. The molecule has 1 aromatic heterocycles. The lowest BCUT2D eigenvalue weighted by Crippen LogP contribution is -2.49. The second-order valence-corrected chi connectivity index (χ2v) is 8.36. The van der Waals surface area contributed by atoms with E-state index in [1.165, 1.54) is 16.8 Å². The molecule has 0 bridgehead atoms. The maximum Gasteiger partial charge on any atom is 0.241 e. The van der Waals surface area contributed by atoms with Crippen LogP contribution in [0.4, 0.5) is 10.1 Å². The van der Waals surface area contributed by atoms with Crippen LogP contribution < -0.4 is 4.90 Å². The van der Waals surface area contributed by atoms with Gasteiger partial charge < -0.3 is 4.90 Å². The summed E-state index contributed by atoms with van der Waals surface area (Å²) >= 11 is 1.75. The highest BCUT2D eigenvalue weighted by molar-refractivity contribution is 7.18. The minimum Gasteiger partial charge on any atom is -0.312 e. The van der Waals surface area contributed by atoms with E-state index in [0.717, 1.165) is 48.9 Å². The Morgan fingerprint density at radius 2 is 1.76 bits per heavy atom. The molecule has 0 N–H and O–H groups in total. The molecule has 2 aromatic carbocycles. The largest absolute Gasteiger partial charge is 0.312 e. The Morgan fingerprint density at radius 3 is 2.45 bits per heavy atom. The molecule has 2 heterocycles. The topological polar surface area (TPSA) is 39.7 Å². The van der Waals surface area contributed by atoms with Crippen LogP contribution in [-0.2, 0) is 11.3 Å². The number of piperazine rings is 1. The lowest BCUT2D eigenvalue weighted by Gasteiger charge is -2.34. The normalized spacial score (nSPS) is 15.7. The second kappa shape index (κ2) is 8.98. The lowest BCUT2D eigenvalue weighted by molar-refractivity contribution is -0.120. The molecule has 1 fully saturated rings. The molecule has 4 rings (SSSR count). The van der Waals surface area contributed by atoms with E-state index in [9.17, 15) is 9.18 Å². The van der Waals surface area contributed by atoms with Gasteiger partial charge in [0.25, 0.3) is 0 Å². The van der Waals surface area contributed by atoms with Gasteiger partial charge in [0, 0.05) is 38.4 Å². The van der Waals surface area contributed by atoms with Crippen LogP contribution in [0.5, 0.6) is 0 Å². The molecule has 0 spiro atoms. The third kappa shape index (κ3) is 4.80. The molecule has 0 radical (unpaired) electrons. The van der Waals surface area contributed by atoms with Crippen molar-refractivity contribution < 1.29 is 9.18 Å². The predicted molar refractivity (Wildman–Crippen MR) is 116 cm³/mol. The van der Waals surface area contributed by atoms with E-state index in [0.29, 0.717) is 13.1 Å². The summed E-state index contributed by atoms with van der Waals surface area (Å²) in [5, 5.41) is 1.14. The summed E-state index contributed by atoms with van der Waals surface area (Å²) in [5.41, 5.74) is 1.81. The number of nitrogens with zero attached hydrogens (tertiary/aromatic N) is 4. The van der Waals surface area contributed by atoms with E-state index in [2.05, 4.69) is 21.9 Å². The van der Waals surface area contributed by atoms with E-state index in [1.807, 2.05) is 19.1 Å². The summed E-state index contributed by atoms with van der Waals surface area (Å²) in [6.45, 7) is 7.32. The number of carbonyl (C=O) groups excluding carboxylic acids is 1. The van der Waals surface area contributed by atoms with E-state index >= 15 is 0 Å². The highest BCUT2D eigenvalue weighted by atomic mass is 32.1. The number of thiazole rings is 1. The highest BCUT2D eigenvalue weighted by Gasteiger charge is 2.22. The first kappa shape index (κ1) is 19.9. The van der Waals surface area contributed by atoms with Gasteiger partial charge in [-0.15, -0.1) is 11.3 Å². The summed E-state index contributed by atoms with van der Waals surface area (Å²) in [5.74, 6) is -0.236. The Morgan fingerprint density at radius 1 is 1.07 bits per heavy atom. The average Bonchev–Trinajstić information content (AvgIpc) is 3.14. The van der Waals surface area contributed by atoms with Crippen LogP contribution in [0.15, 0.2) is 48.5 Å². The Bertz CT molecular complexity index is 933. The number of fused-ring (bicyclic) bond motifs is 1. The van der Waals surface area contributed by atoms with Gasteiger partial charge in [-0.2, -0.15) is 0 Å². The summed E-state index contributed by atoms with van der Waals surface area (Å²) in [7, 11) is 0. The molecular weight excluding hydrogens is 387 g/mol. The van der Waals surface area contributed by atoms with Gasteiger partial charge in [-0.1, -0.05) is 12.1 Å². The zero-order valence-corrected chi connectivity index (χ0v) is 17.4. The second-order valence-electron chi connectivity index (χ2n) is 7.24. The zero-order chi connectivity index (χ0) is 20.2. The van der Waals surface area contributed by atoms with Gasteiger partial charge in [-0.25, -0.2) is 9.37 Å². The average molecular weight is 413 g/mol. The number of rotatable bonds is 6. The summed E-state index contributed by atoms with van der Waals surface area (Å²) in [4.78, 5) is 23.8. The van der Waals surface area contributed by atoms with Crippen molar-refractivity contribution in [3.8, 4) is 0 Å². The molecule has 7 heteroatoms. The molecule has 0 atom stereocenters. The van der Waals surface area contributed by atoms with Crippen molar-refractivity contribution in [3.63, 3.8) is 0 Å². The van der Waals surface area contributed by atoms with Crippen molar-refractivity contribution in [3.05, 3.63) is 59.4 Å². The lowest BCUT2D eigenvalue weighted by atomic mass is 10.2. The van der Waals surface area contributed by atoms with Gasteiger partial charge in [-0.05, 0) is 43.3 Å². The van der Waals surface area contributed by atoms with Crippen molar-refractivity contribution >= 4 is 33.1 Å². The molecule has 5 nitrogen and oxygen atoms in total. The van der Waals surface area contributed by atoms with Crippen molar-refractivity contribution in [2.45, 2.75) is 13.5 Å². The first-order valence-corrected chi connectivity index (χ1v) is 10.8. The molecule has 3 aromatic rings. The smallest absolute Gasteiger partial charge is 0.241 e. The molecule has 0 aliphatic carbocycles. The molecule has 0 saturated carbocycles. The van der Waals surface area contributed by atoms with E-state index in [4.69, 9.17) is 4.98 Å². The SMILES string of the molecule is CCN(C(=O)CN1CCN(Cc2nc3ccccc3s2)CC1)c1ccc(F)cc1. The quantitative estimate of drug-likeness (QED) is 0.620. The molecule has 152 valence electrons. The number of amides is 1. The van der Waals surface area contributed by atoms with E-state index in [-0.39, 0.29) is 11.7 Å². The van der Waals surface area contributed by atoms with Crippen LogP contribution in [0.3, 0.4) is 0 Å². The predicted octanol–water partition coefficient (Wildman–Crippen LogP) is 3.61. The van der Waals surface area contributed by atoms with Gasteiger partial charge in [0.05, 0.1) is 23.3 Å². The minimum atomic E-state index is -0.290. The van der Waals surface area contributed by atoms with Crippen molar-refractivity contribution in [1.82, 2.24) is 14.8 Å². The fourth-order valence-corrected chi connectivity index (χ4v) is 4.69. The maximum atomic E-state index is 13.2. The van der Waals surface area contributed by atoms with Gasteiger partial charge in [0.1, 0.15) is 10.8 Å². The summed E-state index contributed by atoms with van der Waals surface area (Å²) in [6, 6.07) is 14.3. The van der Waals surface area contributed by atoms with E-state index in [1.54, 1.807) is 28.4 Å². The third-order valence-electron chi connectivity index (χ3n) is 5.28. The number of hydrogen-bond acceptors (Lipinski definition) is 5. The van der Waals surface area contributed by atoms with Crippen molar-refractivity contribution in [2.24, 2.45) is 0 Å². The number of hydrogen-bond donors (Lipinski definition) is 0. The molecule has 1 aliphatic heterocycles. The van der Waals surface area contributed by atoms with Gasteiger partial charge in [-0.3, -0.25) is 14.6 Å². The fourth-order valence-electron chi connectivity index (χ4n) is 3.68. The number of anilines is 1. The number of carbonyl (C=O) groups is 1. The van der Waals surface area contributed by atoms with Gasteiger partial charge in [0.2, 0.25) is 5.91 Å². The van der Waals surface area contributed by atoms with Crippen LogP contribution in [0.25, 0.3) is 10.2 Å². The third-order valence-corrected chi connectivity index (χ3v) is 6.30.